The van der Waals surface area contributed by atoms with Gasteiger partial charge >= 0.3 is 0 Å². The van der Waals surface area contributed by atoms with E-state index < -0.39 is 11.0 Å². The number of nitriles is 1. The Labute approximate surface area is 171 Å². The van der Waals surface area contributed by atoms with Crippen LogP contribution < -0.4 is 11.1 Å². The Bertz CT molecular complexity index is 775. The van der Waals surface area contributed by atoms with Gasteiger partial charge < -0.3 is 16.0 Å². The van der Waals surface area contributed by atoms with Gasteiger partial charge in [0.25, 0.3) is 0 Å². The molecule has 1 aromatic rings. The van der Waals surface area contributed by atoms with Crippen LogP contribution in [0, 0.1) is 22.6 Å². The summed E-state index contributed by atoms with van der Waals surface area (Å²) in [6.07, 6.45) is 5.55. The molecule has 1 aliphatic heterocycles. The monoisotopic (exact) mass is 400 g/mol. The number of hydrogen-bond acceptors (Lipinski definition) is 4. The first kappa shape index (κ1) is 21.3. The predicted molar refractivity (Wildman–Crippen MR) is 107 cm³/mol. The first-order valence-corrected chi connectivity index (χ1v) is 10.4. The number of nitrogens with one attached hydrogen (secondary N) is 1. The lowest BCUT2D eigenvalue weighted by Crippen LogP contribution is -2.52. The minimum Gasteiger partial charge on any atom is -0.369 e. The van der Waals surface area contributed by atoms with E-state index in [0.29, 0.717) is 25.9 Å². The van der Waals surface area contributed by atoms with Gasteiger partial charge in [0.1, 0.15) is 11.4 Å². The summed E-state index contributed by atoms with van der Waals surface area (Å²) in [6, 6.07) is 8.32. The summed E-state index contributed by atoms with van der Waals surface area (Å²) in [5, 5.41) is 13.1. The average molecular weight is 400 g/mol. The molecule has 0 radical (unpaired) electrons. The van der Waals surface area contributed by atoms with Gasteiger partial charge in [-0.1, -0.05) is 31.4 Å². The topological polar surface area (TPSA) is 99.2 Å². The zero-order valence-electron chi connectivity index (χ0n) is 16.8. The molecule has 3 N–H and O–H groups in total. The summed E-state index contributed by atoms with van der Waals surface area (Å²) < 4.78 is 13.3. The van der Waals surface area contributed by atoms with E-state index in [1.54, 1.807) is 17.0 Å². The van der Waals surface area contributed by atoms with E-state index in [4.69, 9.17) is 5.73 Å². The molecule has 2 amide bonds. The van der Waals surface area contributed by atoms with Crippen LogP contribution in [-0.4, -0.2) is 35.3 Å². The second kappa shape index (κ2) is 8.91. The van der Waals surface area contributed by atoms with Crippen molar-refractivity contribution in [1.29, 1.82) is 5.26 Å². The van der Waals surface area contributed by atoms with E-state index in [9.17, 15) is 19.2 Å². The Morgan fingerprint density at radius 3 is 2.41 bits per heavy atom. The normalized spacial score (nSPS) is 23.3. The zero-order chi connectivity index (χ0) is 20.9. The third-order valence-corrected chi connectivity index (χ3v) is 6.56. The molecule has 1 atom stereocenters. The van der Waals surface area contributed by atoms with Crippen LogP contribution in [0.3, 0.4) is 0 Å². The van der Waals surface area contributed by atoms with Gasteiger partial charge in [-0.05, 0) is 49.9 Å². The van der Waals surface area contributed by atoms with Crippen molar-refractivity contribution in [3.05, 3.63) is 35.6 Å². The molecule has 1 unspecified atom stereocenters. The van der Waals surface area contributed by atoms with Gasteiger partial charge in [-0.15, -0.1) is 0 Å². The Kier molecular flexibility index (Phi) is 6.53. The van der Waals surface area contributed by atoms with Crippen LogP contribution in [0.25, 0.3) is 0 Å². The maximum atomic E-state index is 13.3. The van der Waals surface area contributed by atoms with Gasteiger partial charge in [0.05, 0.1) is 6.07 Å². The third-order valence-electron chi connectivity index (χ3n) is 6.56. The Morgan fingerprint density at radius 2 is 1.86 bits per heavy atom. The lowest BCUT2D eigenvalue weighted by atomic mass is 9.70. The molecule has 156 valence electrons. The van der Waals surface area contributed by atoms with Gasteiger partial charge in [-0.25, -0.2) is 4.39 Å². The number of benzene rings is 1. The van der Waals surface area contributed by atoms with E-state index in [0.717, 1.165) is 37.7 Å². The Hall–Kier alpha value is -2.46. The molecule has 0 aromatic heterocycles. The molecule has 3 rings (SSSR count). The lowest BCUT2D eigenvalue weighted by molar-refractivity contribution is -0.138. The molecular weight excluding hydrogens is 371 g/mol. The number of nitrogens with two attached hydrogens (primary N) is 1. The average Bonchev–Trinajstić information content (AvgIpc) is 3.22. The van der Waals surface area contributed by atoms with Crippen molar-refractivity contribution in [1.82, 2.24) is 10.2 Å². The molecule has 1 heterocycles. The fraction of sp³-hybridized carbons (Fsp3) is 0.591. The van der Waals surface area contributed by atoms with E-state index in [1.807, 2.05) is 0 Å². The fourth-order valence-corrected chi connectivity index (χ4v) is 4.64. The zero-order valence-corrected chi connectivity index (χ0v) is 16.8. The maximum Gasteiger partial charge on any atom is 0.224 e. The van der Waals surface area contributed by atoms with Crippen molar-refractivity contribution in [2.24, 2.45) is 11.1 Å². The van der Waals surface area contributed by atoms with Crippen LogP contribution in [0.15, 0.2) is 24.3 Å². The van der Waals surface area contributed by atoms with Crippen LogP contribution in [-0.2, 0) is 16.1 Å². The molecule has 1 saturated carbocycles. The smallest absolute Gasteiger partial charge is 0.224 e. The molecular formula is C22H29FN4O2. The van der Waals surface area contributed by atoms with Crippen molar-refractivity contribution >= 4 is 11.8 Å². The molecule has 6 nitrogen and oxygen atoms in total. The van der Waals surface area contributed by atoms with E-state index >= 15 is 0 Å². The van der Waals surface area contributed by atoms with Gasteiger partial charge in [-0.2, -0.15) is 5.26 Å². The minimum atomic E-state index is -0.933. The predicted octanol–water partition coefficient (Wildman–Crippen LogP) is 2.63. The van der Waals surface area contributed by atoms with Crippen molar-refractivity contribution in [2.75, 3.05) is 13.1 Å². The summed E-state index contributed by atoms with van der Waals surface area (Å²) in [7, 11) is 0. The highest BCUT2D eigenvalue weighted by molar-refractivity contribution is 5.83. The van der Waals surface area contributed by atoms with E-state index in [1.165, 1.54) is 12.1 Å². The molecule has 2 fully saturated rings. The highest BCUT2D eigenvalue weighted by Crippen LogP contribution is 2.40. The van der Waals surface area contributed by atoms with Crippen molar-refractivity contribution in [2.45, 2.75) is 63.5 Å². The van der Waals surface area contributed by atoms with Crippen LogP contribution >= 0.6 is 0 Å². The first-order valence-electron chi connectivity index (χ1n) is 10.4. The van der Waals surface area contributed by atoms with Gasteiger partial charge in [0, 0.05) is 24.9 Å². The van der Waals surface area contributed by atoms with Crippen LogP contribution in [0.2, 0.25) is 0 Å². The summed E-state index contributed by atoms with van der Waals surface area (Å²) in [6.45, 7) is 1.29. The number of carbonyl (C=O) groups excluding carboxylic acids is 2. The second-order valence-electron chi connectivity index (χ2n) is 8.38. The summed E-state index contributed by atoms with van der Waals surface area (Å²) in [5.41, 5.74) is 4.93. The number of hydrogen-bond donors (Lipinski definition) is 2. The van der Waals surface area contributed by atoms with E-state index in [-0.39, 0.29) is 30.6 Å². The molecule has 1 aliphatic carbocycles. The van der Waals surface area contributed by atoms with Gasteiger partial charge in [0.2, 0.25) is 11.8 Å². The minimum absolute atomic E-state index is 0.161. The lowest BCUT2D eigenvalue weighted by Gasteiger charge is -2.38. The molecule has 0 spiro atoms. The van der Waals surface area contributed by atoms with Crippen molar-refractivity contribution < 1.29 is 14.0 Å². The maximum absolute atomic E-state index is 13.3. The number of carbonyl (C=O) groups is 2. The number of rotatable bonds is 7. The van der Waals surface area contributed by atoms with Crippen LogP contribution in [0.4, 0.5) is 4.39 Å². The molecule has 7 heteroatoms. The van der Waals surface area contributed by atoms with Gasteiger partial charge in [0.15, 0.2) is 0 Å². The van der Waals surface area contributed by atoms with Crippen LogP contribution in [0.5, 0.6) is 0 Å². The standard InChI is InChI=1S/C22H29FN4O2/c23-18-6-4-17(5-7-18)14-27(22(15-24)12-13-26-16-22)19(28)8-11-21(20(25)29)9-2-1-3-10-21/h4-7,26H,1-3,8-14,16H2,(H2,25,29). The molecule has 1 aromatic carbocycles. The largest absolute Gasteiger partial charge is 0.369 e. The first-order chi connectivity index (χ1) is 13.9. The number of amides is 2. The van der Waals surface area contributed by atoms with E-state index in [2.05, 4.69) is 11.4 Å². The number of primary amides is 1. The summed E-state index contributed by atoms with van der Waals surface area (Å²) in [5.74, 6) is -0.830. The Morgan fingerprint density at radius 1 is 1.17 bits per heavy atom. The molecule has 1 saturated heterocycles. The molecule has 2 aliphatic rings. The van der Waals surface area contributed by atoms with Gasteiger partial charge in [-0.3, -0.25) is 9.59 Å². The van der Waals surface area contributed by atoms with Crippen molar-refractivity contribution in [3.63, 3.8) is 0 Å². The number of halogens is 1. The Balaban J connectivity index is 1.79. The fourth-order valence-electron chi connectivity index (χ4n) is 4.64. The summed E-state index contributed by atoms with van der Waals surface area (Å²) in [4.78, 5) is 27.1. The highest BCUT2D eigenvalue weighted by atomic mass is 19.1. The third kappa shape index (κ3) is 4.59. The van der Waals surface area contributed by atoms with Crippen LogP contribution in [0.1, 0.15) is 56.9 Å². The molecule has 0 bridgehead atoms. The number of nitrogens with zero attached hydrogens (tertiary/aromatic N) is 2. The SMILES string of the molecule is N#CC1(N(Cc2ccc(F)cc2)C(=O)CCC2(C(N)=O)CCCCC2)CCNC1. The second-order valence-corrected chi connectivity index (χ2v) is 8.38. The summed E-state index contributed by atoms with van der Waals surface area (Å²) >= 11 is 0. The molecule has 29 heavy (non-hydrogen) atoms. The quantitative estimate of drug-likeness (QED) is 0.735. The highest BCUT2D eigenvalue weighted by Gasteiger charge is 2.44. The van der Waals surface area contributed by atoms with Crippen molar-refractivity contribution in [3.8, 4) is 6.07 Å².